The summed E-state index contributed by atoms with van der Waals surface area (Å²) in [7, 11) is 0. The second-order valence-electron chi connectivity index (χ2n) is 6.62. The molecule has 0 atom stereocenters. The Hall–Kier alpha value is -3.62. The number of amides is 3. The van der Waals surface area contributed by atoms with E-state index in [0.717, 1.165) is 23.5 Å². The van der Waals surface area contributed by atoms with Crippen LogP contribution in [0.1, 0.15) is 50.8 Å². The van der Waals surface area contributed by atoms with E-state index < -0.39 is 41.9 Å². The van der Waals surface area contributed by atoms with Crippen molar-refractivity contribution in [1.29, 1.82) is 0 Å². The van der Waals surface area contributed by atoms with E-state index in [1.165, 1.54) is 18.2 Å². The number of unbranched alkanes of at least 4 members (excludes halogenated alkanes) is 1. The van der Waals surface area contributed by atoms with Crippen LogP contribution in [0.4, 0.5) is 14.5 Å². The van der Waals surface area contributed by atoms with Gasteiger partial charge >= 0.3 is 5.97 Å². The third kappa shape index (κ3) is 4.35. The number of rotatable bonds is 7. The van der Waals surface area contributed by atoms with Crippen LogP contribution < -0.4 is 5.32 Å². The highest BCUT2D eigenvalue weighted by Gasteiger charge is 2.35. The Kier molecular flexibility index (Phi) is 6.20. The molecule has 1 aliphatic rings. The van der Waals surface area contributed by atoms with Crippen molar-refractivity contribution in [3.8, 4) is 0 Å². The molecule has 0 aliphatic carbocycles. The Balaban J connectivity index is 1.63. The van der Waals surface area contributed by atoms with Crippen molar-refractivity contribution in [1.82, 2.24) is 4.90 Å². The fourth-order valence-corrected chi connectivity index (χ4v) is 2.93. The molecular formula is C21H18F2N2O5. The topological polar surface area (TPSA) is 92.8 Å². The minimum Gasteiger partial charge on any atom is -0.452 e. The maximum atomic E-state index is 13.6. The zero-order chi connectivity index (χ0) is 21.8. The number of halogens is 2. The molecule has 0 saturated heterocycles. The van der Waals surface area contributed by atoms with Crippen molar-refractivity contribution < 1.29 is 32.7 Å². The van der Waals surface area contributed by atoms with Gasteiger partial charge in [-0.15, -0.1) is 0 Å². The van der Waals surface area contributed by atoms with Crippen LogP contribution in [0.2, 0.25) is 0 Å². The van der Waals surface area contributed by atoms with Gasteiger partial charge < -0.3 is 10.1 Å². The van der Waals surface area contributed by atoms with Crippen molar-refractivity contribution in [2.75, 3.05) is 18.5 Å². The van der Waals surface area contributed by atoms with Crippen LogP contribution in [-0.2, 0) is 9.53 Å². The maximum absolute atomic E-state index is 13.6. The summed E-state index contributed by atoms with van der Waals surface area (Å²) in [6, 6.07) is 6.56. The lowest BCUT2D eigenvalue weighted by molar-refractivity contribution is -0.119. The van der Waals surface area contributed by atoms with Gasteiger partial charge in [0.1, 0.15) is 11.6 Å². The number of hydrogen-bond donors (Lipinski definition) is 1. The molecule has 1 heterocycles. The molecule has 0 unspecified atom stereocenters. The molecule has 2 aromatic carbocycles. The Morgan fingerprint density at radius 3 is 2.47 bits per heavy atom. The van der Waals surface area contributed by atoms with Crippen LogP contribution in [-0.4, -0.2) is 41.7 Å². The number of esters is 1. The highest BCUT2D eigenvalue weighted by molar-refractivity contribution is 6.22. The summed E-state index contributed by atoms with van der Waals surface area (Å²) in [6.07, 6.45) is 1.49. The largest absolute Gasteiger partial charge is 0.452 e. The standard InChI is InChI=1S/C21H18F2N2O5/c1-2-3-8-25-19(27)14-6-4-12(9-15(14)20(25)28)21(29)30-11-18(26)24-17-7-5-13(22)10-16(17)23/h4-7,9-10H,2-3,8,11H2,1H3,(H,24,26). The van der Waals surface area contributed by atoms with E-state index in [9.17, 15) is 28.0 Å². The summed E-state index contributed by atoms with van der Waals surface area (Å²) < 4.78 is 31.3. The predicted molar refractivity (Wildman–Crippen MR) is 102 cm³/mol. The van der Waals surface area contributed by atoms with Gasteiger partial charge in [-0.05, 0) is 36.8 Å². The average Bonchev–Trinajstić information content (AvgIpc) is 2.96. The first-order valence-corrected chi connectivity index (χ1v) is 9.24. The molecule has 0 fully saturated rings. The number of fused-ring (bicyclic) bond motifs is 1. The van der Waals surface area contributed by atoms with Crippen molar-refractivity contribution >= 4 is 29.4 Å². The summed E-state index contributed by atoms with van der Waals surface area (Å²) in [5, 5.41) is 2.16. The predicted octanol–water partition coefficient (Wildman–Crippen LogP) is 3.16. The molecule has 1 N–H and O–H groups in total. The number of carbonyl (C=O) groups is 4. The molecule has 30 heavy (non-hydrogen) atoms. The fourth-order valence-electron chi connectivity index (χ4n) is 2.93. The van der Waals surface area contributed by atoms with Crippen molar-refractivity contribution in [2.45, 2.75) is 19.8 Å². The Morgan fingerprint density at radius 2 is 1.77 bits per heavy atom. The number of imide groups is 1. The van der Waals surface area contributed by atoms with Crippen LogP contribution in [0.25, 0.3) is 0 Å². The van der Waals surface area contributed by atoms with E-state index in [1.54, 1.807) is 0 Å². The average molecular weight is 416 g/mol. The molecular weight excluding hydrogens is 398 g/mol. The number of nitrogens with one attached hydrogen (secondary N) is 1. The lowest BCUT2D eigenvalue weighted by Crippen LogP contribution is -2.30. The Labute approximate surface area is 170 Å². The SMILES string of the molecule is CCCCN1C(=O)c2ccc(C(=O)OCC(=O)Nc3ccc(F)cc3F)cc2C1=O. The fraction of sp³-hybridized carbons (Fsp3) is 0.238. The minimum atomic E-state index is -0.968. The number of anilines is 1. The number of benzene rings is 2. The molecule has 0 aromatic heterocycles. The maximum Gasteiger partial charge on any atom is 0.338 e. The summed E-state index contributed by atoms with van der Waals surface area (Å²) in [6.45, 7) is 1.51. The number of nitrogens with zero attached hydrogens (tertiary/aromatic N) is 1. The summed E-state index contributed by atoms with van der Waals surface area (Å²) in [5.41, 5.74) is 0.0415. The zero-order valence-electron chi connectivity index (χ0n) is 16.0. The lowest BCUT2D eigenvalue weighted by atomic mass is 10.1. The smallest absolute Gasteiger partial charge is 0.338 e. The van der Waals surface area contributed by atoms with Gasteiger partial charge in [0.15, 0.2) is 6.61 Å². The van der Waals surface area contributed by atoms with Crippen LogP contribution in [0.5, 0.6) is 0 Å². The molecule has 0 spiro atoms. The van der Waals surface area contributed by atoms with E-state index in [1.807, 2.05) is 6.92 Å². The van der Waals surface area contributed by atoms with Crippen LogP contribution in [0, 0.1) is 11.6 Å². The normalized spacial score (nSPS) is 12.7. The van der Waals surface area contributed by atoms with Gasteiger partial charge in [-0.25, -0.2) is 13.6 Å². The quantitative estimate of drug-likeness (QED) is 0.553. The highest BCUT2D eigenvalue weighted by Crippen LogP contribution is 2.24. The van der Waals surface area contributed by atoms with Gasteiger partial charge in [-0.2, -0.15) is 0 Å². The summed E-state index contributed by atoms with van der Waals surface area (Å²) >= 11 is 0. The van der Waals surface area contributed by atoms with Gasteiger partial charge in [0.25, 0.3) is 17.7 Å². The molecule has 0 radical (unpaired) electrons. The molecule has 9 heteroatoms. The molecule has 156 valence electrons. The third-order valence-electron chi connectivity index (χ3n) is 4.48. The van der Waals surface area contributed by atoms with Crippen molar-refractivity contribution in [3.63, 3.8) is 0 Å². The van der Waals surface area contributed by atoms with Crippen LogP contribution in [0.15, 0.2) is 36.4 Å². The van der Waals surface area contributed by atoms with Gasteiger partial charge in [0.2, 0.25) is 0 Å². The van der Waals surface area contributed by atoms with E-state index in [-0.39, 0.29) is 22.4 Å². The van der Waals surface area contributed by atoms with E-state index in [2.05, 4.69) is 5.32 Å². The number of hydrogen-bond acceptors (Lipinski definition) is 5. The highest BCUT2D eigenvalue weighted by atomic mass is 19.1. The third-order valence-corrected chi connectivity index (χ3v) is 4.48. The second-order valence-corrected chi connectivity index (χ2v) is 6.62. The first kappa shape index (κ1) is 21.1. The number of carbonyl (C=O) groups excluding carboxylic acids is 4. The first-order valence-electron chi connectivity index (χ1n) is 9.24. The molecule has 3 amide bonds. The van der Waals surface area contributed by atoms with Crippen molar-refractivity contribution in [3.05, 3.63) is 64.7 Å². The van der Waals surface area contributed by atoms with Gasteiger partial charge in [0, 0.05) is 12.6 Å². The van der Waals surface area contributed by atoms with E-state index >= 15 is 0 Å². The summed E-state index contributed by atoms with van der Waals surface area (Å²) in [4.78, 5) is 50.0. The molecule has 1 aliphatic heterocycles. The molecule has 2 aromatic rings. The first-order chi connectivity index (χ1) is 14.3. The number of ether oxygens (including phenoxy) is 1. The van der Waals surface area contributed by atoms with Gasteiger partial charge in [0.05, 0.1) is 22.4 Å². The van der Waals surface area contributed by atoms with Crippen molar-refractivity contribution in [2.24, 2.45) is 0 Å². The van der Waals surface area contributed by atoms with Gasteiger partial charge in [-0.3, -0.25) is 19.3 Å². The molecule has 7 nitrogen and oxygen atoms in total. The molecule has 0 bridgehead atoms. The van der Waals surface area contributed by atoms with Gasteiger partial charge in [-0.1, -0.05) is 13.3 Å². The second kappa shape index (κ2) is 8.81. The zero-order valence-corrected chi connectivity index (χ0v) is 16.0. The minimum absolute atomic E-state index is 0.00648. The van der Waals surface area contributed by atoms with Crippen LogP contribution >= 0.6 is 0 Å². The van der Waals surface area contributed by atoms with E-state index in [4.69, 9.17) is 4.74 Å². The summed E-state index contributed by atoms with van der Waals surface area (Å²) in [5.74, 6) is -4.38. The molecule has 0 saturated carbocycles. The lowest BCUT2D eigenvalue weighted by Gasteiger charge is -2.12. The Morgan fingerprint density at radius 1 is 1.03 bits per heavy atom. The van der Waals surface area contributed by atoms with Crippen LogP contribution in [0.3, 0.4) is 0 Å². The van der Waals surface area contributed by atoms with E-state index in [0.29, 0.717) is 19.0 Å². The monoisotopic (exact) mass is 416 g/mol. The molecule has 3 rings (SSSR count). The Bertz CT molecular complexity index is 1040.